The zero-order valence-electron chi connectivity index (χ0n) is 15.4. The van der Waals surface area contributed by atoms with E-state index in [-0.39, 0.29) is 12.5 Å². The largest absolute Gasteiger partial charge is 0.452 e. The van der Waals surface area contributed by atoms with Gasteiger partial charge in [0.15, 0.2) is 6.61 Å². The van der Waals surface area contributed by atoms with Gasteiger partial charge in [-0.25, -0.2) is 9.48 Å². The minimum atomic E-state index is -0.479. The number of hydrogen-bond donors (Lipinski definition) is 0. The standard InChI is InChI=1S/C20H25N3O3/c1-15-13-16(2)23(21-15)18-9-7-17(8-10-18)20(25)26-14-19(24)22-11-5-3-4-6-12-22/h7-10,13H,3-6,11-12,14H2,1-2H3. The molecule has 6 nitrogen and oxygen atoms in total. The number of carbonyl (C=O) groups is 2. The smallest absolute Gasteiger partial charge is 0.338 e. The molecule has 6 heteroatoms. The van der Waals surface area contributed by atoms with Crippen LogP contribution in [0.3, 0.4) is 0 Å². The number of esters is 1. The number of likely N-dealkylation sites (tertiary alicyclic amines) is 1. The second-order valence-electron chi connectivity index (χ2n) is 6.76. The zero-order chi connectivity index (χ0) is 18.5. The fourth-order valence-corrected chi connectivity index (χ4v) is 3.25. The fourth-order valence-electron chi connectivity index (χ4n) is 3.25. The molecule has 1 aromatic carbocycles. The number of ether oxygens (including phenoxy) is 1. The van der Waals surface area contributed by atoms with Crippen LogP contribution in [0.2, 0.25) is 0 Å². The summed E-state index contributed by atoms with van der Waals surface area (Å²) in [5, 5.41) is 4.42. The van der Waals surface area contributed by atoms with Crippen molar-refractivity contribution >= 4 is 11.9 Å². The van der Waals surface area contributed by atoms with E-state index in [1.165, 1.54) is 0 Å². The molecule has 0 bridgehead atoms. The van der Waals surface area contributed by atoms with Crippen molar-refractivity contribution in [2.45, 2.75) is 39.5 Å². The Morgan fingerprint density at radius 3 is 2.27 bits per heavy atom. The summed E-state index contributed by atoms with van der Waals surface area (Å²) in [6, 6.07) is 9.05. The molecule has 1 amide bonds. The normalized spacial score (nSPS) is 14.8. The number of carbonyl (C=O) groups excluding carboxylic acids is 2. The Morgan fingerprint density at radius 1 is 1.04 bits per heavy atom. The van der Waals surface area contributed by atoms with Crippen LogP contribution < -0.4 is 0 Å². The number of benzene rings is 1. The highest BCUT2D eigenvalue weighted by molar-refractivity contribution is 5.91. The number of nitrogens with zero attached hydrogens (tertiary/aromatic N) is 3. The molecule has 1 fully saturated rings. The molecule has 0 spiro atoms. The zero-order valence-corrected chi connectivity index (χ0v) is 15.4. The van der Waals surface area contributed by atoms with Crippen LogP contribution in [0.4, 0.5) is 0 Å². The Hall–Kier alpha value is -2.63. The average Bonchev–Trinajstić information content (AvgIpc) is 2.84. The van der Waals surface area contributed by atoms with Crippen LogP contribution in [-0.4, -0.2) is 46.3 Å². The monoisotopic (exact) mass is 355 g/mol. The van der Waals surface area contributed by atoms with Gasteiger partial charge in [-0.1, -0.05) is 12.8 Å². The first-order valence-electron chi connectivity index (χ1n) is 9.13. The molecule has 2 heterocycles. The van der Waals surface area contributed by atoms with Crippen molar-refractivity contribution in [2.24, 2.45) is 0 Å². The highest BCUT2D eigenvalue weighted by Crippen LogP contribution is 2.14. The molecule has 3 rings (SSSR count). The van der Waals surface area contributed by atoms with E-state index in [4.69, 9.17) is 4.74 Å². The van der Waals surface area contributed by atoms with Gasteiger partial charge in [-0.2, -0.15) is 5.10 Å². The van der Waals surface area contributed by atoms with Crippen molar-refractivity contribution in [1.82, 2.24) is 14.7 Å². The predicted octanol–water partition coefficient (Wildman–Crippen LogP) is 3.05. The molecule has 0 atom stereocenters. The number of hydrogen-bond acceptors (Lipinski definition) is 4. The number of rotatable bonds is 4. The first kappa shape index (κ1) is 18.2. The van der Waals surface area contributed by atoms with Crippen LogP contribution in [0.15, 0.2) is 30.3 Å². The maximum Gasteiger partial charge on any atom is 0.338 e. The van der Waals surface area contributed by atoms with Crippen LogP contribution in [0.1, 0.15) is 47.4 Å². The van der Waals surface area contributed by atoms with Crippen LogP contribution in [0.25, 0.3) is 5.69 Å². The average molecular weight is 355 g/mol. The van der Waals surface area contributed by atoms with Crippen molar-refractivity contribution in [3.8, 4) is 5.69 Å². The molecule has 0 saturated carbocycles. The van der Waals surface area contributed by atoms with Gasteiger partial charge in [0, 0.05) is 18.8 Å². The summed E-state index contributed by atoms with van der Waals surface area (Å²) in [6.07, 6.45) is 4.36. The van der Waals surface area contributed by atoms with Crippen molar-refractivity contribution in [3.05, 3.63) is 47.3 Å². The Bertz CT molecular complexity index is 772. The molecular weight excluding hydrogens is 330 g/mol. The van der Waals surface area contributed by atoms with Crippen molar-refractivity contribution in [3.63, 3.8) is 0 Å². The summed E-state index contributed by atoms with van der Waals surface area (Å²) in [7, 11) is 0. The van der Waals surface area contributed by atoms with Gasteiger partial charge in [-0.3, -0.25) is 4.79 Å². The summed E-state index contributed by atoms with van der Waals surface area (Å²) in [6.45, 7) is 5.24. The lowest BCUT2D eigenvalue weighted by molar-refractivity contribution is -0.134. The van der Waals surface area contributed by atoms with Gasteiger partial charge in [0.05, 0.1) is 16.9 Å². The lowest BCUT2D eigenvalue weighted by Crippen LogP contribution is -2.35. The molecule has 1 aliphatic heterocycles. The van der Waals surface area contributed by atoms with Gasteiger partial charge in [-0.15, -0.1) is 0 Å². The third-order valence-electron chi connectivity index (χ3n) is 4.64. The van der Waals surface area contributed by atoms with E-state index in [0.717, 1.165) is 55.8 Å². The molecule has 2 aromatic rings. The molecule has 0 N–H and O–H groups in total. The van der Waals surface area contributed by atoms with E-state index >= 15 is 0 Å². The van der Waals surface area contributed by atoms with Gasteiger partial charge < -0.3 is 9.64 Å². The summed E-state index contributed by atoms with van der Waals surface area (Å²) < 4.78 is 7.03. The first-order chi connectivity index (χ1) is 12.5. The lowest BCUT2D eigenvalue weighted by Gasteiger charge is -2.19. The molecule has 0 radical (unpaired) electrons. The van der Waals surface area contributed by atoms with Gasteiger partial charge in [0.2, 0.25) is 0 Å². The predicted molar refractivity (Wildman–Crippen MR) is 98.4 cm³/mol. The van der Waals surface area contributed by atoms with Gasteiger partial charge in [0.25, 0.3) is 5.91 Å². The van der Waals surface area contributed by atoms with Crippen LogP contribution in [0, 0.1) is 13.8 Å². The summed E-state index contributed by atoms with van der Waals surface area (Å²) in [4.78, 5) is 26.2. The third kappa shape index (κ3) is 4.31. The van der Waals surface area contributed by atoms with Crippen LogP contribution in [0.5, 0.6) is 0 Å². The maximum absolute atomic E-state index is 12.2. The van der Waals surface area contributed by atoms with Gasteiger partial charge in [0.1, 0.15) is 0 Å². The van der Waals surface area contributed by atoms with Crippen molar-refractivity contribution < 1.29 is 14.3 Å². The van der Waals surface area contributed by atoms with Gasteiger partial charge >= 0.3 is 5.97 Å². The first-order valence-corrected chi connectivity index (χ1v) is 9.13. The van der Waals surface area contributed by atoms with Crippen molar-refractivity contribution in [2.75, 3.05) is 19.7 Å². The minimum absolute atomic E-state index is 0.112. The Morgan fingerprint density at radius 2 is 1.69 bits per heavy atom. The van der Waals surface area contributed by atoms with E-state index in [2.05, 4.69) is 5.10 Å². The molecule has 1 aromatic heterocycles. The van der Waals surface area contributed by atoms with E-state index in [1.807, 2.05) is 36.7 Å². The molecule has 1 aliphatic rings. The summed E-state index contributed by atoms with van der Waals surface area (Å²) >= 11 is 0. The Balaban J connectivity index is 1.58. The molecule has 26 heavy (non-hydrogen) atoms. The van der Waals surface area contributed by atoms with E-state index in [1.54, 1.807) is 17.0 Å². The molecule has 0 unspecified atom stereocenters. The number of aryl methyl sites for hydroxylation is 2. The maximum atomic E-state index is 12.2. The minimum Gasteiger partial charge on any atom is -0.452 e. The second kappa shape index (κ2) is 8.17. The fraction of sp³-hybridized carbons (Fsp3) is 0.450. The van der Waals surface area contributed by atoms with Gasteiger partial charge in [-0.05, 0) is 57.0 Å². The highest BCUT2D eigenvalue weighted by atomic mass is 16.5. The molecular formula is C20H25N3O3. The van der Waals surface area contributed by atoms with E-state index < -0.39 is 5.97 Å². The van der Waals surface area contributed by atoms with E-state index in [0.29, 0.717) is 5.56 Å². The molecule has 0 aliphatic carbocycles. The van der Waals surface area contributed by atoms with E-state index in [9.17, 15) is 9.59 Å². The Labute approximate surface area is 153 Å². The van der Waals surface area contributed by atoms with Crippen molar-refractivity contribution in [1.29, 1.82) is 0 Å². The molecule has 138 valence electrons. The number of aromatic nitrogens is 2. The number of amides is 1. The second-order valence-corrected chi connectivity index (χ2v) is 6.76. The summed E-state index contributed by atoms with van der Waals surface area (Å²) in [5.41, 5.74) is 3.28. The molecule has 1 saturated heterocycles. The SMILES string of the molecule is Cc1cc(C)n(-c2ccc(C(=O)OCC(=O)N3CCCCCC3)cc2)n1. The third-order valence-corrected chi connectivity index (χ3v) is 4.64. The summed E-state index contributed by atoms with van der Waals surface area (Å²) in [5.74, 6) is -0.590. The topological polar surface area (TPSA) is 64.4 Å². The van der Waals surface area contributed by atoms with Crippen LogP contribution in [-0.2, 0) is 9.53 Å². The quantitative estimate of drug-likeness (QED) is 0.791. The highest BCUT2D eigenvalue weighted by Gasteiger charge is 2.18. The van der Waals surface area contributed by atoms with Crippen LogP contribution >= 0.6 is 0 Å². The lowest BCUT2D eigenvalue weighted by atomic mass is 10.2. The Kier molecular flexibility index (Phi) is 5.71.